The van der Waals surface area contributed by atoms with E-state index in [9.17, 15) is 14.4 Å². The fraction of sp³-hybridized carbons (Fsp3) is 0.737. The Morgan fingerprint density at radius 3 is 2.64 bits per heavy atom. The lowest BCUT2D eigenvalue weighted by Crippen LogP contribution is -2.64. The van der Waals surface area contributed by atoms with Crippen LogP contribution in [0.3, 0.4) is 0 Å². The fourth-order valence-electron chi connectivity index (χ4n) is 4.78. The smallest absolute Gasteiger partial charge is 0.392 e. The van der Waals surface area contributed by atoms with Crippen molar-refractivity contribution in [1.82, 2.24) is 14.7 Å². The Hall–Kier alpha value is -2.45. The van der Waals surface area contributed by atoms with Crippen molar-refractivity contribution in [3.8, 4) is 0 Å². The molecule has 3 aliphatic heterocycles. The molecule has 0 aromatic carbocycles. The Morgan fingerprint density at radius 1 is 1.25 bits per heavy atom. The topological polar surface area (TPSA) is 85.5 Å². The first-order chi connectivity index (χ1) is 13.4. The number of imide groups is 1. The number of amidine groups is 1. The monoisotopic (exact) mass is 390 g/mol. The van der Waals surface area contributed by atoms with Crippen molar-refractivity contribution >= 4 is 29.7 Å². The van der Waals surface area contributed by atoms with Crippen LogP contribution in [0.15, 0.2) is 4.99 Å². The minimum atomic E-state index is -0.656. The molecule has 2 atom stereocenters. The van der Waals surface area contributed by atoms with E-state index in [2.05, 4.69) is 16.6 Å². The number of nitrogens with zero attached hydrogens (tertiary/aromatic N) is 5. The highest BCUT2D eigenvalue weighted by atomic mass is 16.5. The van der Waals surface area contributed by atoms with Gasteiger partial charge in [0.1, 0.15) is 6.54 Å². The molecule has 3 amide bonds. The van der Waals surface area contributed by atoms with E-state index in [1.807, 2.05) is 4.58 Å². The summed E-state index contributed by atoms with van der Waals surface area (Å²) in [4.78, 5) is 47.1. The molecule has 0 aromatic heterocycles. The third-order valence-corrected chi connectivity index (χ3v) is 6.19. The molecule has 2 fully saturated rings. The molecule has 4 rings (SSSR count). The summed E-state index contributed by atoms with van der Waals surface area (Å²) >= 11 is 0. The molecular formula is C19H28N5O4+. The van der Waals surface area contributed by atoms with Crippen LogP contribution in [0.2, 0.25) is 0 Å². The van der Waals surface area contributed by atoms with Gasteiger partial charge in [-0.25, -0.2) is 14.3 Å². The molecule has 28 heavy (non-hydrogen) atoms. The molecular weight excluding hydrogens is 362 g/mol. The van der Waals surface area contributed by atoms with Gasteiger partial charge in [0.15, 0.2) is 0 Å². The van der Waals surface area contributed by atoms with Crippen molar-refractivity contribution in [2.75, 3.05) is 33.8 Å². The van der Waals surface area contributed by atoms with E-state index in [1.165, 1.54) is 31.3 Å². The number of guanidine groups is 1. The van der Waals surface area contributed by atoms with Crippen molar-refractivity contribution < 1.29 is 23.7 Å². The number of carbonyl (C=O) groups is 3. The average Bonchev–Trinajstić information content (AvgIpc) is 3.09. The maximum absolute atomic E-state index is 13.2. The zero-order chi connectivity index (χ0) is 20.0. The van der Waals surface area contributed by atoms with Gasteiger partial charge in [-0.1, -0.05) is 31.2 Å². The number of hydrogen-bond acceptors (Lipinski definition) is 6. The number of urea groups is 1. The van der Waals surface area contributed by atoms with Crippen LogP contribution in [-0.4, -0.2) is 94.9 Å². The number of methoxy groups -OCH3 is 1. The van der Waals surface area contributed by atoms with Gasteiger partial charge in [-0.05, 0) is 12.8 Å². The lowest BCUT2D eigenvalue weighted by molar-refractivity contribution is -0.552. The van der Waals surface area contributed by atoms with Gasteiger partial charge in [-0.15, -0.1) is 0 Å². The number of amides is 3. The fourth-order valence-corrected chi connectivity index (χ4v) is 4.78. The molecule has 9 nitrogen and oxygen atoms in total. The first-order valence-electron chi connectivity index (χ1n) is 10.1. The SMILES string of the molecule is COC(=O)CN1C(=O)C2C(=NC3=[N+]2CC(C)CN3C2CCCCC2)N(C)C1=O. The highest BCUT2D eigenvalue weighted by Gasteiger charge is 2.55. The largest absolute Gasteiger partial charge is 0.468 e. The first kappa shape index (κ1) is 18.9. The molecule has 1 aliphatic carbocycles. The van der Waals surface area contributed by atoms with E-state index in [-0.39, 0.29) is 6.54 Å². The van der Waals surface area contributed by atoms with Crippen LogP contribution in [0.5, 0.6) is 0 Å². The molecule has 4 aliphatic rings. The highest BCUT2D eigenvalue weighted by Crippen LogP contribution is 2.30. The summed E-state index contributed by atoms with van der Waals surface area (Å²) < 4.78 is 6.68. The maximum atomic E-state index is 13.2. The van der Waals surface area contributed by atoms with Gasteiger partial charge in [0, 0.05) is 13.0 Å². The van der Waals surface area contributed by atoms with E-state index in [4.69, 9.17) is 4.99 Å². The van der Waals surface area contributed by atoms with Gasteiger partial charge in [0.2, 0.25) is 11.9 Å². The van der Waals surface area contributed by atoms with Gasteiger partial charge in [0.25, 0.3) is 5.91 Å². The number of aliphatic imine (C=N–C) groups is 1. The summed E-state index contributed by atoms with van der Waals surface area (Å²) in [5.74, 6) is 0.623. The van der Waals surface area contributed by atoms with E-state index >= 15 is 0 Å². The van der Waals surface area contributed by atoms with E-state index in [0.717, 1.165) is 30.2 Å². The summed E-state index contributed by atoms with van der Waals surface area (Å²) in [6.45, 7) is 3.42. The zero-order valence-electron chi connectivity index (χ0n) is 16.8. The van der Waals surface area contributed by atoms with E-state index < -0.39 is 23.9 Å². The van der Waals surface area contributed by atoms with Gasteiger partial charge >= 0.3 is 18.0 Å². The second-order valence-corrected chi connectivity index (χ2v) is 8.22. The Kier molecular flexibility index (Phi) is 4.84. The Morgan fingerprint density at radius 2 is 1.96 bits per heavy atom. The molecule has 0 aromatic rings. The van der Waals surface area contributed by atoms with Crippen molar-refractivity contribution in [1.29, 1.82) is 0 Å². The molecule has 9 heteroatoms. The summed E-state index contributed by atoms with van der Waals surface area (Å²) in [5.41, 5.74) is 0. The molecule has 0 spiro atoms. The molecule has 3 heterocycles. The Labute approximate surface area is 164 Å². The van der Waals surface area contributed by atoms with Crippen molar-refractivity contribution in [3.63, 3.8) is 0 Å². The lowest BCUT2D eigenvalue weighted by atomic mass is 9.93. The highest BCUT2D eigenvalue weighted by molar-refractivity contribution is 6.23. The number of hydrogen-bond donors (Lipinski definition) is 0. The predicted octanol–water partition coefficient (Wildman–Crippen LogP) is 0.487. The minimum absolute atomic E-state index is 0.380. The number of ether oxygens (including phenoxy) is 1. The second kappa shape index (κ2) is 7.18. The van der Waals surface area contributed by atoms with Crippen LogP contribution in [-0.2, 0) is 14.3 Å². The Balaban J connectivity index is 1.69. The third kappa shape index (κ3) is 2.97. The zero-order valence-corrected chi connectivity index (χ0v) is 16.8. The summed E-state index contributed by atoms with van der Waals surface area (Å²) in [6.07, 6.45) is 5.97. The van der Waals surface area contributed by atoms with Crippen molar-refractivity contribution in [2.24, 2.45) is 10.9 Å². The number of carbonyl (C=O) groups excluding carboxylic acids is 3. The van der Waals surface area contributed by atoms with Crippen LogP contribution in [0, 0.1) is 5.92 Å². The molecule has 0 radical (unpaired) electrons. The predicted molar refractivity (Wildman–Crippen MR) is 101 cm³/mol. The molecule has 1 saturated carbocycles. The maximum Gasteiger partial charge on any atom is 0.392 e. The van der Waals surface area contributed by atoms with Gasteiger partial charge in [-0.2, -0.15) is 0 Å². The average molecular weight is 390 g/mol. The summed E-state index contributed by atoms with van der Waals surface area (Å²) in [5, 5.41) is 0. The molecule has 2 unspecified atom stereocenters. The van der Waals surface area contributed by atoms with Crippen LogP contribution in [0.4, 0.5) is 4.79 Å². The van der Waals surface area contributed by atoms with Crippen LogP contribution >= 0.6 is 0 Å². The summed E-state index contributed by atoms with van der Waals surface area (Å²) in [6, 6.07) is -0.764. The standard InChI is InChI=1S/C19H28N5O4/c1-12-9-22(13-7-5-4-6-8-13)18-20-16-15(23(18)10-12)17(26)24(11-14(25)28-3)19(27)21(16)2/h12-13,15H,4-11H2,1-3H3/q+1. The number of fused-ring (bicyclic) bond motifs is 2. The van der Waals surface area contributed by atoms with Crippen LogP contribution < -0.4 is 0 Å². The molecule has 152 valence electrons. The van der Waals surface area contributed by atoms with Crippen molar-refractivity contribution in [2.45, 2.75) is 51.1 Å². The molecule has 0 N–H and O–H groups in total. The van der Waals surface area contributed by atoms with Crippen LogP contribution in [0.1, 0.15) is 39.0 Å². The molecule has 0 bridgehead atoms. The van der Waals surface area contributed by atoms with E-state index in [1.54, 1.807) is 7.05 Å². The minimum Gasteiger partial charge on any atom is -0.468 e. The normalized spacial score (nSPS) is 28.4. The summed E-state index contributed by atoms with van der Waals surface area (Å²) in [7, 11) is 2.85. The quantitative estimate of drug-likeness (QED) is 0.517. The molecule has 1 saturated heterocycles. The van der Waals surface area contributed by atoms with E-state index in [0.29, 0.717) is 24.3 Å². The number of likely N-dealkylation sites (N-methyl/N-ethyl adjacent to an activating group) is 1. The van der Waals surface area contributed by atoms with Crippen molar-refractivity contribution in [3.05, 3.63) is 0 Å². The number of rotatable bonds is 3. The number of esters is 1. The van der Waals surface area contributed by atoms with Gasteiger partial charge in [-0.3, -0.25) is 19.4 Å². The van der Waals surface area contributed by atoms with Gasteiger partial charge in [0.05, 0.1) is 26.2 Å². The second-order valence-electron chi connectivity index (χ2n) is 8.22. The lowest BCUT2D eigenvalue weighted by Gasteiger charge is -2.37. The van der Waals surface area contributed by atoms with Gasteiger partial charge < -0.3 is 4.74 Å². The first-order valence-corrected chi connectivity index (χ1v) is 10.1. The van der Waals surface area contributed by atoms with Crippen LogP contribution in [0.25, 0.3) is 0 Å². The Bertz CT molecular complexity index is 770. The third-order valence-electron chi connectivity index (χ3n) is 6.19.